The van der Waals surface area contributed by atoms with E-state index in [-0.39, 0.29) is 6.04 Å². The van der Waals surface area contributed by atoms with E-state index in [2.05, 4.69) is 95.9 Å². The highest BCUT2D eigenvalue weighted by Crippen LogP contribution is 2.37. The first-order valence-corrected chi connectivity index (χ1v) is 9.78. The summed E-state index contributed by atoms with van der Waals surface area (Å²) in [6, 6.07) is 41.8. The van der Waals surface area contributed by atoms with Crippen molar-refractivity contribution in [2.45, 2.75) is 12.5 Å². The zero-order valence-electron chi connectivity index (χ0n) is 16.1. The minimum atomic E-state index is 0.119. The number of anilines is 2. The van der Waals surface area contributed by atoms with Crippen LogP contribution in [0.1, 0.15) is 22.7 Å². The number of rotatable bonds is 6. The Morgan fingerprint density at radius 2 is 1.14 bits per heavy atom. The molecule has 1 unspecified atom stereocenters. The van der Waals surface area contributed by atoms with Gasteiger partial charge in [-0.15, -0.1) is 0 Å². The van der Waals surface area contributed by atoms with Gasteiger partial charge in [0.2, 0.25) is 0 Å². The molecule has 29 heavy (non-hydrogen) atoms. The summed E-state index contributed by atoms with van der Waals surface area (Å²) < 4.78 is 0. The molecule has 0 aliphatic rings. The molecule has 0 N–H and O–H groups in total. The molecular weight excluding hydrogens is 352 g/mol. The minimum absolute atomic E-state index is 0.119. The van der Waals surface area contributed by atoms with Crippen LogP contribution in [-0.2, 0) is 6.42 Å². The first kappa shape index (κ1) is 18.5. The predicted octanol–water partition coefficient (Wildman–Crippen LogP) is 6.68. The molecule has 4 aromatic carbocycles. The molecule has 0 amide bonds. The number of nitriles is 1. The van der Waals surface area contributed by atoms with Crippen LogP contribution in [0.3, 0.4) is 0 Å². The van der Waals surface area contributed by atoms with E-state index in [0.29, 0.717) is 5.56 Å². The molecule has 0 saturated heterocycles. The molecule has 0 heterocycles. The first-order chi connectivity index (χ1) is 14.3. The Morgan fingerprint density at radius 1 is 0.621 bits per heavy atom. The van der Waals surface area contributed by atoms with E-state index < -0.39 is 0 Å². The highest BCUT2D eigenvalue weighted by Gasteiger charge is 2.23. The third-order valence-electron chi connectivity index (χ3n) is 5.08. The molecule has 2 nitrogen and oxygen atoms in total. The van der Waals surface area contributed by atoms with Crippen LogP contribution >= 0.6 is 0 Å². The number of nitrogens with zero attached hydrogens (tertiary/aromatic N) is 2. The van der Waals surface area contributed by atoms with E-state index in [1.54, 1.807) is 0 Å². The van der Waals surface area contributed by atoms with Crippen LogP contribution in [0.2, 0.25) is 0 Å². The van der Waals surface area contributed by atoms with Gasteiger partial charge in [-0.25, -0.2) is 0 Å². The van der Waals surface area contributed by atoms with E-state index in [0.717, 1.165) is 17.8 Å². The van der Waals surface area contributed by atoms with Crippen LogP contribution in [0, 0.1) is 11.3 Å². The van der Waals surface area contributed by atoms with Crippen LogP contribution in [-0.4, -0.2) is 0 Å². The molecular formula is C27H22N2. The molecule has 0 fully saturated rings. The minimum Gasteiger partial charge on any atom is -0.334 e. The fourth-order valence-corrected chi connectivity index (χ4v) is 3.66. The van der Waals surface area contributed by atoms with Crippen LogP contribution < -0.4 is 4.90 Å². The zero-order valence-corrected chi connectivity index (χ0v) is 16.1. The van der Waals surface area contributed by atoms with E-state index in [4.69, 9.17) is 0 Å². The van der Waals surface area contributed by atoms with Crippen LogP contribution in [0.25, 0.3) is 0 Å². The largest absolute Gasteiger partial charge is 0.334 e. The van der Waals surface area contributed by atoms with Crippen molar-refractivity contribution < 1.29 is 0 Å². The van der Waals surface area contributed by atoms with E-state index in [1.807, 2.05) is 30.3 Å². The standard InChI is InChI=1S/C27H22N2/c28-21-23-16-18-26(19-17-23)29(25-14-8-3-9-15-25)27(24-12-6-2-7-13-24)20-22-10-4-1-5-11-22/h1-19,27H,20H2. The molecule has 4 rings (SSSR count). The maximum absolute atomic E-state index is 9.20. The Kier molecular flexibility index (Phi) is 5.69. The Bertz CT molecular complexity index is 1070. The second kappa shape index (κ2) is 8.91. The number of benzene rings is 4. The molecule has 0 bridgehead atoms. The highest BCUT2D eigenvalue weighted by molar-refractivity contribution is 5.66. The lowest BCUT2D eigenvalue weighted by Gasteiger charge is -2.34. The van der Waals surface area contributed by atoms with Gasteiger partial charge in [0.1, 0.15) is 0 Å². The molecule has 0 radical (unpaired) electrons. The Morgan fingerprint density at radius 3 is 1.72 bits per heavy atom. The van der Waals surface area contributed by atoms with Crippen molar-refractivity contribution in [3.05, 3.63) is 132 Å². The molecule has 0 aromatic heterocycles. The Balaban J connectivity index is 1.84. The van der Waals surface area contributed by atoms with Gasteiger partial charge in [0.25, 0.3) is 0 Å². The molecule has 4 aromatic rings. The smallest absolute Gasteiger partial charge is 0.0991 e. The van der Waals surface area contributed by atoms with Crippen molar-refractivity contribution in [2.24, 2.45) is 0 Å². The topological polar surface area (TPSA) is 27.0 Å². The van der Waals surface area contributed by atoms with Crippen molar-refractivity contribution in [1.82, 2.24) is 0 Å². The van der Waals surface area contributed by atoms with Gasteiger partial charge in [0.15, 0.2) is 0 Å². The second-order valence-corrected chi connectivity index (χ2v) is 6.98. The third-order valence-corrected chi connectivity index (χ3v) is 5.08. The maximum Gasteiger partial charge on any atom is 0.0991 e. The predicted molar refractivity (Wildman–Crippen MR) is 119 cm³/mol. The number of para-hydroxylation sites is 1. The quantitative estimate of drug-likeness (QED) is 0.376. The van der Waals surface area contributed by atoms with Crippen molar-refractivity contribution >= 4 is 11.4 Å². The second-order valence-electron chi connectivity index (χ2n) is 6.98. The average molecular weight is 374 g/mol. The normalized spacial score (nSPS) is 11.4. The van der Waals surface area contributed by atoms with Gasteiger partial charge in [-0.05, 0) is 53.9 Å². The average Bonchev–Trinajstić information content (AvgIpc) is 2.81. The Hall–Kier alpha value is -3.83. The molecule has 0 aliphatic carbocycles. The van der Waals surface area contributed by atoms with Gasteiger partial charge in [0.05, 0.1) is 17.7 Å². The van der Waals surface area contributed by atoms with Crippen LogP contribution in [0.4, 0.5) is 11.4 Å². The van der Waals surface area contributed by atoms with Gasteiger partial charge in [0, 0.05) is 11.4 Å². The molecule has 2 heteroatoms. The summed E-state index contributed by atoms with van der Waals surface area (Å²) in [5.41, 5.74) is 5.41. The molecule has 1 atom stereocenters. The molecule has 0 aliphatic heterocycles. The molecule has 140 valence electrons. The van der Waals surface area contributed by atoms with Crippen molar-refractivity contribution in [3.8, 4) is 6.07 Å². The Labute approximate surface area is 172 Å². The lowest BCUT2D eigenvalue weighted by molar-refractivity contribution is 0.693. The van der Waals surface area contributed by atoms with Crippen molar-refractivity contribution in [3.63, 3.8) is 0 Å². The third kappa shape index (κ3) is 4.36. The summed E-state index contributed by atoms with van der Waals surface area (Å²) in [6.07, 6.45) is 0.875. The van der Waals surface area contributed by atoms with E-state index >= 15 is 0 Å². The van der Waals surface area contributed by atoms with Gasteiger partial charge < -0.3 is 4.90 Å². The summed E-state index contributed by atoms with van der Waals surface area (Å²) in [5, 5.41) is 9.20. The van der Waals surface area contributed by atoms with E-state index in [9.17, 15) is 5.26 Å². The fraction of sp³-hybridized carbons (Fsp3) is 0.0741. The fourth-order valence-electron chi connectivity index (χ4n) is 3.66. The molecule has 0 saturated carbocycles. The summed E-state index contributed by atoms with van der Waals surface area (Å²) >= 11 is 0. The lowest BCUT2D eigenvalue weighted by Crippen LogP contribution is -2.25. The van der Waals surface area contributed by atoms with E-state index in [1.165, 1.54) is 11.1 Å². The van der Waals surface area contributed by atoms with Gasteiger partial charge in [-0.1, -0.05) is 78.9 Å². The van der Waals surface area contributed by atoms with Gasteiger partial charge in [-0.3, -0.25) is 0 Å². The maximum atomic E-state index is 9.20. The van der Waals surface area contributed by atoms with Gasteiger partial charge >= 0.3 is 0 Å². The summed E-state index contributed by atoms with van der Waals surface area (Å²) in [6.45, 7) is 0. The summed E-state index contributed by atoms with van der Waals surface area (Å²) in [4.78, 5) is 2.36. The first-order valence-electron chi connectivity index (χ1n) is 9.78. The molecule has 0 spiro atoms. The van der Waals surface area contributed by atoms with Crippen molar-refractivity contribution in [2.75, 3.05) is 4.90 Å². The van der Waals surface area contributed by atoms with Crippen molar-refractivity contribution in [1.29, 1.82) is 5.26 Å². The van der Waals surface area contributed by atoms with Gasteiger partial charge in [-0.2, -0.15) is 5.26 Å². The SMILES string of the molecule is N#Cc1ccc(N(c2ccccc2)C(Cc2ccccc2)c2ccccc2)cc1. The summed E-state index contributed by atoms with van der Waals surface area (Å²) in [5.74, 6) is 0. The summed E-state index contributed by atoms with van der Waals surface area (Å²) in [7, 11) is 0. The number of hydrogen-bond acceptors (Lipinski definition) is 2. The van der Waals surface area contributed by atoms with Crippen LogP contribution in [0.15, 0.2) is 115 Å². The lowest BCUT2D eigenvalue weighted by atomic mass is 9.96. The number of hydrogen-bond donors (Lipinski definition) is 0. The highest BCUT2D eigenvalue weighted by atomic mass is 15.2. The van der Waals surface area contributed by atoms with Crippen LogP contribution in [0.5, 0.6) is 0 Å². The zero-order chi connectivity index (χ0) is 19.9. The monoisotopic (exact) mass is 374 g/mol.